The summed E-state index contributed by atoms with van der Waals surface area (Å²) in [6, 6.07) is 10.4. The predicted molar refractivity (Wildman–Crippen MR) is 83.7 cm³/mol. The molecule has 0 aliphatic rings. The van der Waals surface area contributed by atoms with Crippen molar-refractivity contribution in [2.24, 2.45) is 0 Å². The third-order valence-electron chi connectivity index (χ3n) is 3.10. The van der Waals surface area contributed by atoms with Gasteiger partial charge in [0.25, 0.3) is 0 Å². The fourth-order valence-electron chi connectivity index (χ4n) is 2.09. The minimum Gasteiger partial charge on any atom is -0.872 e. The van der Waals surface area contributed by atoms with Gasteiger partial charge >= 0.3 is 16.8 Å². The molecule has 0 saturated heterocycles. The van der Waals surface area contributed by atoms with E-state index in [4.69, 9.17) is 0 Å². The minimum absolute atomic E-state index is 0. The van der Waals surface area contributed by atoms with E-state index in [0.29, 0.717) is 12.8 Å². The number of allylic oxidation sites excluding steroid dienone is 2. The predicted octanol–water partition coefficient (Wildman–Crippen LogP) is 3.44. The van der Waals surface area contributed by atoms with E-state index in [1.807, 2.05) is 12.1 Å². The molecule has 2 rings (SSSR count). The number of hydrogen-bond acceptors (Lipinski definition) is 3. The Bertz CT molecular complexity index is 611. The second-order valence-electron chi connectivity index (χ2n) is 4.55. The van der Waals surface area contributed by atoms with Crippen molar-refractivity contribution in [1.82, 2.24) is 0 Å². The molecule has 0 atom stereocenters. The molecule has 0 heterocycles. The first-order valence-corrected chi connectivity index (χ1v) is 7.46. The van der Waals surface area contributed by atoms with E-state index in [-0.39, 0.29) is 28.3 Å². The van der Waals surface area contributed by atoms with Gasteiger partial charge in [0.15, 0.2) is 0 Å². The molecule has 0 aromatic heterocycles. The largest absolute Gasteiger partial charge is 2.00 e. The van der Waals surface area contributed by atoms with Crippen molar-refractivity contribution >= 4 is 11.8 Å². The van der Waals surface area contributed by atoms with E-state index < -0.39 is 0 Å². The van der Waals surface area contributed by atoms with Crippen molar-refractivity contribution in [3.8, 4) is 11.5 Å². The van der Waals surface area contributed by atoms with Crippen LogP contribution in [0.5, 0.6) is 11.5 Å². The summed E-state index contributed by atoms with van der Waals surface area (Å²) in [5.41, 5.74) is 1.44. The molecule has 0 amide bonds. The summed E-state index contributed by atoms with van der Waals surface area (Å²) in [5.74, 6) is 0.00639. The van der Waals surface area contributed by atoms with E-state index in [1.165, 1.54) is 11.8 Å². The molecule has 4 heteroatoms. The molecule has 0 aliphatic heterocycles. The topological polar surface area (TPSA) is 46.1 Å². The van der Waals surface area contributed by atoms with Crippen LogP contribution >= 0.6 is 11.8 Å². The van der Waals surface area contributed by atoms with Gasteiger partial charge in [0.05, 0.1) is 0 Å². The smallest absolute Gasteiger partial charge is 0.872 e. The zero-order chi connectivity index (χ0) is 15.2. The molecule has 0 unspecified atom stereocenters. The van der Waals surface area contributed by atoms with Crippen LogP contribution in [0.25, 0.3) is 0 Å². The summed E-state index contributed by atoms with van der Waals surface area (Å²) in [6.07, 6.45) is 4.48. The second kappa shape index (κ2) is 8.73. The quantitative estimate of drug-likeness (QED) is 0.746. The van der Waals surface area contributed by atoms with Gasteiger partial charge in [-0.25, -0.2) is 0 Å². The maximum absolute atomic E-state index is 12.0. The Morgan fingerprint density at radius 1 is 0.818 bits per heavy atom. The van der Waals surface area contributed by atoms with Gasteiger partial charge in [0.1, 0.15) is 0 Å². The van der Waals surface area contributed by atoms with Gasteiger partial charge in [-0.15, -0.1) is 24.7 Å². The molecule has 0 bridgehead atoms. The number of benzene rings is 2. The number of hydrogen-bond donors (Lipinski definition) is 0. The summed E-state index contributed by atoms with van der Waals surface area (Å²) >= 11 is 1.45. The van der Waals surface area contributed by atoms with Crippen LogP contribution < -0.4 is 10.2 Å². The van der Waals surface area contributed by atoms with Gasteiger partial charge in [-0.1, -0.05) is 48.2 Å². The van der Waals surface area contributed by atoms with Crippen molar-refractivity contribution in [2.75, 3.05) is 0 Å². The molecule has 2 aromatic rings. The fraction of sp³-hybridized carbons (Fsp3) is 0.111. The zero-order valence-electron chi connectivity index (χ0n) is 12.0. The van der Waals surface area contributed by atoms with Crippen molar-refractivity contribution < 1.29 is 27.0 Å². The Morgan fingerprint density at radius 2 is 1.23 bits per heavy atom. The molecule has 0 saturated carbocycles. The van der Waals surface area contributed by atoms with Gasteiger partial charge in [0, 0.05) is 9.79 Å². The van der Waals surface area contributed by atoms with Crippen LogP contribution in [0.4, 0.5) is 0 Å². The van der Waals surface area contributed by atoms with Gasteiger partial charge in [-0.05, 0) is 36.1 Å². The van der Waals surface area contributed by atoms with Crippen LogP contribution in [-0.4, -0.2) is 0 Å². The van der Waals surface area contributed by atoms with Crippen LogP contribution in [0.15, 0.2) is 71.5 Å². The van der Waals surface area contributed by atoms with Gasteiger partial charge < -0.3 is 10.2 Å². The minimum atomic E-state index is 0. The van der Waals surface area contributed by atoms with Crippen molar-refractivity contribution in [2.45, 2.75) is 22.6 Å². The van der Waals surface area contributed by atoms with E-state index in [0.717, 1.165) is 20.9 Å². The van der Waals surface area contributed by atoms with E-state index in [2.05, 4.69) is 13.2 Å². The van der Waals surface area contributed by atoms with Crippen LogP contribution in [0.1, 0.15) is 11.1 Å². The summed E-state index contributed by atoms with van der Waals surface area (Å²) in [4.78, 5) is 1.75. The maximum atomic E-state index is 12.0. The summed E-state index contributed by atoms with van der Waals surface area (Å²) in [5, 5.41) is 23.9. The molecular formula is C18H16CoO2S. The zero-order valence-corrected chi connectivity index (χ0v) is 13.9. The molecular weight excluding hydrogens is 339 g/mol. The maximum Gasteiger partial charge on any atom is 2.00 e. The molecule has 2 nitrogen and oxygen atoms in total. The first-order chi connectivity index (χ1) is 10.2. The van der Waals surface area contributed by atoms with Gasteiger partial charge in [0.2, 0.25) is 0 Å². The molecule has 0 spiro atoms. The average Bonchev–Trinajstić information content (AvgIpc) is 2.46. The Balaban J connectivity index is 0.00000242. The van der Waals surface area contributed by atoms with Crippen LogP contribution in [0.3, 0.4) is 0 Å². The molecule has 22 heavy (non-hydrogen) atoms. The first-order valence-electron chi connectivity index (χ1n) is 6.64. The van der Waals surface area contributed by atoms with Crippen molar-refractivity contribution in [3.05, 3.63) is 72.8 Å². The summed E-state index contributed by atoms with van der Waals surface area (Å²) < 4.78 is 0. The third kappa shape index (κ3) is 4.19. The van der Waals surface area contributed by atoms with Crippen LogP contribution in [0, 0.1) is 0 Å². The van der Waals surface area contributed by atoms with E-state index in [9.17, 15) is 10.2 Å². The van der Waals surface area contributed by atoms with Crippen molar-refractivity contribution in [3.63, 3.8) is 0 Å². The fourth-order valence-corrected chi connectivity index (χ4v) is 3.24. The molecule has 2 aromatic carbocycles. The van der Waals surface area contributed by atoms with Crippen LogP contribution in [0.2, 0.25) is 0 Å². The first kappa shape index (κ1) is 18.4. The Labute approximate surface area is 145 Å². The normalized spacial score (nSPS) is 9.82. The third-order valence-corrected chi connectivity index (χ3v) is 4.30. The van der Waals surface area contributed by atoms with Crippen molar-refractivity contribution in [1.29, 1.82) is 0 Å². The molecule has 0 fully saturated rings. The molecule has 1 radical (unpaired) electrons. The summed E-state index contributed by atoms with van der Waals surface area (Å²) in [7, 11) is 0. The van der Waals surface area contributed by atoms with E-state index in [1.54, 1.807) is 36.4 Å². The Kier molecular flexibility index (Phi) is 7.31. The van der Waals surface area contributed by atoms with E-state index >= 15 is 0 Å². The monoisotopic (exact) mass is 355 g/mol. The summed E-state index contributed by atoms with van der Waals surface area (Å²) in [6.45, 7) is 7.39. The second-order valence-corrected chi connectivity index (χ2v) is 5.64. The van der Waals surface area contributed by atoms with Gasteiger partial charge in [-0.3, -0.25) is 0 Å². The molecule has 0 aliphatic carbocycles. The van der Waals surface area contributed by atoms with Gasteiger partial charge in [-0.2, -0.15) is 0 Å². The molecule has 115 valence electrons. The molecule has 0 N–H and O–H groups in total. The van der Waals surface area contributed by atoms with Crippen LogP contribution in [-0.2, 0) is 29.6 Å². The SMILES string of the molecule is C=CCc1c([O-])cccc1Sc1cccc([O-])c1CC=C.[Co+2]. The average molecular weight is 355 g/mol. The Morgan fingerprint density at radius 3 is 1.59 bits per heavy atom. The number of rotatable bonds is 6. The standard InChI is InChI=1S/C18H18O2S.Co/c1-3-7-13-15(19)9-5-11-17(13)21-18-12-6-10-16(20)14(18)8-4-2;/h3-6,9-12,19-20H,1-2,7-8H2;/q;+2/p-2. The Hall–Kier alpha value is -1.62.